The third-order valence-corrected chi connectivity index (χ3v) is 5.43. The predicted molar refractivity (Wildman–Crippen MR) is 118 cm³/mol. The molecule has 0 radical (unpaired) electrons. The fraction of sp³-hybridized carbons (Fsp3) is 0.636. The first-order chi connectivity index (χ1) is 14.0. The second-order valence-corrected chi connectivity index (χ2v) is 7.63. The second kappa shape index (κ2) is 12.3. The van der Waals surface area contributed by atoms with Gasteiger partial charge in [-0.25, -0.2) is 0 Å². The van der Waals surface area contributed by atoms with Gasteiger partial charge in [0.2, 0.25) is 5.91 Å². The van der Waals surface area contributed by atoms with Crippen molar-refractivity contribution < 1.29 is 9.53 Å². The number of guanidine groups is 1. The van der Waals surface area contributed by atoms with Gasteiger partial charge in [0.1, 0.15) is 5.75 Å². The largest absolute Gasteiger partial charge is 0.496 e. The van der Waals surface area contributed by atoms with Gasteiger partial charge in [0, 0.05) is 38.2 Å². The van der Waals surface area contributed by atoms with Crippen molar-refractivity contribution in [2.45, 2.75) is 39.2 Å². The van der Waals surface area contributed by atoms with E-state index in [-0.39, 0.29) is 11.8 Å². The second-order valence-electron chi connectivity index (χ2n) is 7.63. The minimum Gasteiger partial charge on any atom is -0.496 e. The highest BCUT2D eigenvalue weighted by molar-refractivity contribution is 5.79. The van der Waals surface area contributed by atoms with Crippen LogP contribution in [0.15, 0.2) is 29.3 Å². The van der Waals surface area contributed by atoms with Crippen LogP contribution in [0.25, 0.3) is 0 Å². The number of primary amides is 1. The van der Waals surface area contributed by atoms with Gasteiger partial charge in [0.05, 0.1) is 7.11 Å². The zero-order valence-corrected chi connectivity index (χ0v) is 18.2. The third kappa shape index (κ3) is 7.57. The van der Waals surface area contributed by atoms with E-state index in [1.54, 1.807) is 7.11 Å². The van der Waals surface area contributed by atoms with Crippen molar-refractivity contribution in [1.82, 2.24) is 15.1 Å². The Balaban J connectivity index is 1.76. The van der Waals surface area contributed by atoms with Crippen LogP contribution in [0.4, 0.5) is 0 Å². The van der Waals surface area contributed by atoms with Crippen LogP contribution in [0, 0.1) is 5.92 Å². The van der Waals surface area contributed by atoms with Gasteiger partial charge in [-0.15, -0.1) is 0 Å². The van der Waals surface area contributed by atoms with Crippen LogP contribution in [-0.4, -0.2) is 68.5 Å². The summed E-state index contributed by atoms with van der Waals surface area (Å²) in [6.45, 7) is 7.48. The minimum absolute atomic E-state index is 0.0669. The fourth-order valence-electron chi connectivity index (χ4n) is 3.71. The normalized spacial score (nSPS) is 15.9. The monoisotopic (exact) mass is 403 g/mol. The summed E-state index contributed by atoms with van der Waals surface area (Å²) >= 11 is 0. The molecule has 0 atom stereocenters. The molecule has 1 fully saturated rings. The molecule has 7 heteroatoms. The SMILES string of the molecule is CCNC(=NCCCCN1CCC(C(N)=O)CC1)N(C)Cc1ccccc1OC. The summed E-state index contributed by atoms with van der Waals surface area (Å²) in [7, 11) is 3.76. The molecule has 162 valence electrons. The van der Waals surface area contributed by atoms with Crippen molar-refractivity contribution in [3.63, 3.8) is 0 Å². The van der Waals surface area contributed by atoms with Gasteiger partial charge in [0.15, 0.2) is 5.96 Å². The number of unbranched alkanes of at least 4 members (excludes halogenated alkanes) is 1. The summed E-state index contributed by atoms with van der Waals surface area (Å²) in [5.74, 6) is 1.74. The highest BCUT2D eigenvalue weighted by Gasteiger charge is 2.22. The van der Waals surface area contributed by atoms with Crippen LogP contribution in [0.1, 0.15) is 38.2 Å². The number of rotatable bonds is 10. The zero-order valence-electron chi connectivity index (χ0n) is 18.2. The maximum absolute atomic E-state index is 11.3. The van der Waals surface area contributed by atoms with E-state index in [1.807, 2.05) is 18.2 Å². The number of nitrogens with zero attached hydrogens (tertiary/aromatic N) is 3. The van der Waals surface area contributed by atoms with Gasteiger partial charge in [-0.05, 0) is 58.3 Å². The minimum atomic E-state index is -0.146. The number of hydrogen-bond donors (Lipinski definition) is 2. The van der Waals surface area contributed by atoms with Crippen molar-refractivity contribution in [3.05, 3.63) is 29.8 Å². The molecular formula is C22H37N5O2. The molecule has 1 heterocycles. The third-order valence-electron chi connectivity index (χ3n) is 5.43. The number of nitrogens with one attached hydrogen (secondary N) is 1. The Morgan fingerprint density at radius 2 is 2.03 bits per heavy atom. The molecule has 1 amide bonds. The summed E-state index contributed by atoms with van der Waals surface area (Å²) in [6.07, 6.45) is 3.95. The van der Waals surface area contributed by atoms with Gasteiger partial charge < -0.3 is 25.6 Å². The van der Waals surface area contributed by atoms with E-state index in [4.69, 9.17) is 15.5 Å². The first-order valence-electron chi connectivity index (χ1n) is 10.7. The molecule has 0 spiro atoms. The number of likely N-dealkylation sites (tertiary alicyclic amines) is 1. The van der Waals surface area contributed by atoms with Crippen molar-refractivity contribution in [1.29, 1.82) is 0 Å². The Morgan fingerprint density at radius 3 is 2.69 bits per heavy atom. The predicted octanol–water partition coefficient (Wildman–Crippen LogP) is 2.07. The number of para-hydroxylation sites is 1. The Kier molecular flexibility index (Phi) is 9.77. The number of ether oxygens (including phenoxy) is 1. The van der Waals surface area contributed by atoms with Crippen molar-refractivity contribution in [2.75, 3.05) is 46.9 Å². The average molecular weight is 404 g/mol. The molecule has 2 rings (SSSR count). The maximum Gasteiger partial charge on any atom is 0.220 e. The molecule has 0 saturated carbocycles. The van der Waals surface area contributed by atoms with Gasteiger partial charge in [-0.3, -0.25) is 9.79 Å². The fourth-order valence-corrected chi connectivity index (χ4v) is 3.71. The number of carbonyl (C=O) groups is 1. The number of piperidine rings is 1. The van der Waals surface area contributed by atoms with E-state index in [2.05, 4.69) is 35.2 Å². The Morgan fingerprint density at radius 1 is 1.31 bits per heavy atom. The topological polar surface area (TPSA) is 83.2 Å². The molecule has 0 aromatic heterocycles. The Labute approximate surface area is 175 Å². The van der Waals surface area contributed by atoms with Crippen LogP contribution in [0.2, 0.25) is 0 Å². The molecular weight excluding hydrogens is 366 g/mol. The van der Waals surface area contributed by atoms with Crippen LogP contribution < -0.4 is 15.8 Å². The summed E-state index contributed by atoms with van der Waals surface area (Å²) in [6, 6.07) is 8.08. The van der Waals surface area contributed by atoms with E-state index >= 15 is 0 Å². The Bertz CT molecular complexity index is 656. The molecule has 7 nitrogen and oxygen atoms in total. The van der Waals surface area contributed by atoms with Crippen LogP contribution in [0.3, 0.4) is 0 Å². The van der Waals surface area contributed by atoms with E-state index in [9.17, 15) is 4.79 Å². The van der Waals surface area contributed by atoms with Crippen LogP contribution in [0.5, 0.6) is 5.75 Å². The number of carbonyl (C=O) groups excluding carboxylic acids is 1. The number of hydrogen-bond acceptors (Lipinski definition) is 4. The Hall–Kier alpha value is -2.28. The molecule has 1 aromatic rings. The van der Waals surface area contributed by atoms with E-state index in [1.165, 1.54) is 0 Å². The number of methoxy groups -OCH3 is 1. The number of amides is 1. The summed E-state index contributed by atoms with van der Waals surface area (Å²) < 4.78 is 5.46. The molecule has 1 saturated heterocycles. The van der Waals surface area contributed by atoms with Crippen LogP contribution >= 0.6 is 0 Å². The standard InChI is InChI=1S/C22H37N5O2/c1-4-24-22(26(2)17-19-9-5-6-10-20(19)29-3)25-13-7-8-14-27-15-11-18(12-16-27)21(23)28/h5-6,9-10,18H,4,7-8,11-17H2,1-3H3,(H2,23,28)(H,24,25). The van der Waals surface area contributed by atoms with Gasteiger partial charge >= 0.3 is 0 Å². The van der Waals surface area contributed by atoms with Crippen molar-refractivity contribution in [2.24, 2.45) is 16.6 Å². The molecule has 0 unspecified atom stereocenters. The lowest BCUT2D eigenvalue weighted by Crippen LogP contribution is -2.39. The molecule has 0 aliphatic carbocycles. The van der Waals surface area contributed by atoms with E-state index in [0.29, 0.717) is 0 Å². The van der Waals surface area contributed by atoms with Crippen molar-refractivity contribution >= 4 is 11.9 Å². The lowest BCUT2D eigenvalue weighted by molar-refractivity contribution is -0.123. The van der Waals surface area contributed by atoms with Crippen LogP contribution in [-0.2, 0) is 11.3 Å². The molecule has 1 aliphatic rings. The van der Waals surface area contributed by atoms with E-state index in [0.717, 1.165) is 82.2 Å². The number of benzene rings is 1. The summed E-state index contributed by atoms with van der Waals surface area (Å²) in [4.78, 5) is 20.6. The highest BCUT2D eigenvalue weighted by Crippen LogP contribution is 2.19. The highest BCUT2D eigenvalue weighted by atomic mass is 16.5. The first kappa shape index (κ1) is 23.0. The zero-order chi connectivity index (χ0) is 21.1. The van der Waals surface area contributed by atoms with Gasteiger partial charge in [-0.1, -0.05) is 18.2 Å². The smallest absolute Gasteiger partial charge is 0.220 e. The summed E-state index contributed by atoms with van der Waals surface area (Å²) in [5, 5.41) is 3.38. The van der Waals surface area contributed by atoms with E-state index < -0.39 is 0 Å². The van der Waals surface area contributed by atoms with Gasteiger partial charge in [0.25, 0.3) is 0 Å². The first-order valence-corrected chi connectivity index (χ1v) is 10.7. The lowest BCUT2D eigenvalue weighted by Gasteiger charge is -2.30. The maximum atomic E-state index is 11.3. The van der Waals surface area contributed by atoms with Gasteiger partial charge in [-0.2, -0.15) is 0 Å². The molecule has 1 aliphatic heterocycles. The number of nitrogens with two attached hydrogens (primary N) is 1. The quantitative estimate of drug-likeness (QED) is 0.355. The molecule has 29 heavy (non-hydrogen) atoms. The average Bonchev–Trinajstić information content (AvgIpc) is 2.73. The molecule has 0 bridgehead atoms. The molecule has 3 N–H and O–H groups in total. The summed E-state index contributed by atoms with van der Waals surface area (Å²) in [5.41, 5.74) is 6.55. The molecule has 1 aromatic carbocycles. The van der Waals surface area contributed by atoms with Crippen molar-refractivity contribution in [3.8, 4) is 5.75 Å². The lowest BCUT2D eigenvalue weighted by atomic mass is 9.96. The number of aliphatic imine (C=N–C) groups is 1.